The minimum atomic E-state index is 0.0474. The highest BCUT2D eigenvalue weighted by Crippen LogP contribution is 2.13. The molecule has 1 saturated heterocycles. The number of nitrogens with zero attached hydrogens (tertiary/aromatic N) is 1. The van der Waals surface area contributed by atoms with Crippen LogP contribution in [-0.4, -0.2) is 30.4 Å². The number of nitrogens with one attached hydrogen (secondary N) is 1. The van der Waals surface area contributed by atoms with E-state index in [4.69, 9.17) is 5.73 Å². The molecule has 1 amide bonds. The Bertz CT molecular complexity index is 412. The molecule has 4 heteroatoms. The number of amides is 1. The van der Waals surface area contributed by atoms with E-state index in [1.165, 1.54) is 32.1 Å². The maximum atomic E-state index is 12.0. The van der Waals surface area contributed by atoms with Crippen LogP contribution in [0.4, 0.5) is 11.4 Å². The van der Waals surface area contributed by atoms with Gasteiger partial charge in [0.2, 0.25) is 5.91 Å². The van der Waals surface area contributed by atoms with E-state index in [1.807, 2.05) is 18.2 Å². The highest BCUT2D eigenvalue weighted by molar-refractivity contribution is 5.92. The fourth-order valence-corrected chi connectivity index (χ4v) is 2.49. The quantitative estimate of drug-likeness (QED) is 0.822. The monoisotopic (exact) mass is 261 g/mol. The van der Waals surface area contributed by atoms with Gasteiger partial charge in [0.05, 0.1) is 6.54 Å². The number of hydrogen-bond donors (Lipinski definition) is 2. The van der Waals surface area contributed by atoms with Crippen LogP contribution in [0.3, 0.4) is 0 Å². The summed E-state index contributed by atoms with van der Waals surface area (Å²) in [7, 11) is 0. The van der Waals surface area contributed by atoms with Gasteiger partial charge in [0.15, 0.2) is 0 Å². The predicted octanol–water partition coefficient (Wildman–Crippen LogP) is 2.47. The van der Waals surface area contributed by atoms with E-state index in [-0.39, 0.29) is 5.91 Å². The van der Waals surface area contributed by atoms with Crippen LogP contribution in [0.2, 0.25) is 0 Å². The van der Waals surface area contributed by atoms with Gasteiger partial charge in [-0.2, -0.15) is 0 Å². The molecule has 2 rings (SSSR count). The summed E-state index contributed by atoms with van der Waals surface area (Å²) in [6.07, 6.45) is 6.31. The van der Waals surface area contributed by atoms with Crippen molar-refractivity contribution in [3.05, 3.63) is 24.3 Å². The molecule has 1 heterocycles. The zero-order valence-electron chi connectivity index (χ0n) is 11.4. The Balaban J connectivity index is 1.82. The number of benzene rings is 1. The summed E-state index contributed by atoms with van der Waals surface area (Å²) in [5.74, 6) is 0.0474. The van der Waals surface area contributed by atoms with Gasteiger partial charge >= 0.3 is 0 Å². The van der Waals surface area contributed by atoms with E-state index >= 15 is 0 Å². The van der Waals surface area contributed by atoms with Crippen molar-refractivity contribution in [2.45, 2.75) is 32.1 Å². The van der Waals surface area contributed by atoms with Gasteiger partial charge in [-0.25, -0.2) is 0 Å². The fraction of sp³-hybridized carbons (Fsp3) is 0.533. The first-order valence-corrected chi connectivity index (χ1v) is 7.12. The van der Waals surface area contributed by atoms with E-state index < -0.39 is 0 Å². The lowest BCUT2D eigenvalue weighted by atomic mass is 10.1. The van der Waals surface area contributed by atoms with Crippen LogP contribution in [0.25, 0.3) is 0 Å². The Labute approximate surface area is 115 Å². The highest BCUT2D eigenvalue weighted by atomic mass is 16.2. The van der Waals surface area contributed by atoms with Crippen molar-refractivity contribution >= 4 is 17.3 Å². The summed E-state index contributed by atoms with van der Waals surface area (Å²) >= 11 is 0. The molecular weight excluding hydrogens is 238 g/mol. The van der Waals surface area contributed by atoms with Crippen molar-refractivity contribution in [2.75, 3.05) is 30.7 Å². The lowest BCUT2D eigenvalue weighted by molar-refractivity contribution is -0.117. The molecule has 0 atom stereocenters. The molecule has 4 nitrogen and oxygen atoms in total. The van der Waals surface area contributed by atoms with Gasteiger partial charge in [-0.3, -0.25) is 9.69 Å². The summed E-state index contributed by atoms with van der Waals surface area (Å²) < 4.78 is 0. The summed E-state index contributed by atoms with van der Waals surface area (Å²) in [5.41, 5.74) is 7.14. The second-order valence-electron chi connectivity index (χ2n) is 5.22. The molecule has 0 aliphatic carbocycles. The third kappa shape index (κ3) is 4.91. The first kappa shape index (κ1) is 13.9. The van der Waals surface area contributed by atoms with Gasteiger partial charge in [0.1, 0.15) is 0 Å². The molecule has 1 aliphatic heterocycles. The Morgan fingerprint density at radius 2 is 1.84 bits per heavy atom. The largest absolute Gasteiger partial charge is 0.399 e. The van der Waals surface area contributed by atoms with Crippen LogP contribution in [0, 0.1) is 0 Å². The lowest BCUT2D eigenvalue weighted by Gasteiger charge is -2.23. The van der Waals surface area contributed by atoms with Crippen molar-refractivity contribution in [3.63, 3.8) is 0 Å². The lowest BCUT2D eigenvalue weighted by Crippen LogP contribution is -2.35. The number of rotatable bonds is 3. The van der Waals surface area contributed by atoms with E-state index in [0.717, 1.165) is 18.8 Å². The van der Waals surface area contributed by atoms with Gasteiger partial charge in [-0.05, 0) is 44.1 Å². The topological polar surface area (TPSA) is 58.4 Å². The zero-order valence-corrected chi connectivity index (χ0v) is 11.4. The van der Waals surface area contributed by atoms with Gasteiger partial charge in [0.25, 0.3) is 0 Å². The molecule has 0 aromatic heterocycles. The fourth-order valence-electron chi connectivity index (χ4n) is 2.49. The van der Waals surface area contributed by atoms with E-state index in [2.05, 4.69) is 10.2 Å². The summed E-state index contributed by atoms with van der Waals surface area (Å²) in [4.78, 5) is 14.2. The van der Waals surface area contributed by atoms with Gasteiger partial charge in [0, 0.05) is 11.4 Å². The van der Waals surface area contributed by atoms with Crippen molar-refractivity contribution in [2.24, 2.45) is 0 Å². The molecule has 104 valence electrons. The molecule has 0 bridgehead atoms. The minimum absolute atomic E-state index is 0.0474. The SMILES string of the molecule is Nc1cccc(NC(=O)CN2CCCCCCC2)c1. The second kappa shape index (κ2) is 7.14. The molecule has 0 unspecified atom stereocenters. The van der Waals surface area contributed by atoms with Crippen LogP contribution in [0.5, 0.6) is 0 Å². The van der Waals surface area contributed by atoms with E-state index in [9.17, 15) is 4.79 Å². The van der Waals surface area contributed by atoms with Crippen LogP contribution in [0.1, 0.15) is 32.1 Å². The van der Waals surface area contributed by atoms with Gasteiger partial charge in [-0.1, -0.05) is 25.3 Å². The van der Waals surface area contributed by atoms with Crippen LogP contribution < -0.4 is 11.1 Å². The molecule has 0 spiro atoms. The number of carbonyl (C=O) groups excluding carboxylic acids is 1. The predicted molar refractivity (Wildman–Crippen MR) is 79.0 cm³/mol. The normalized spacial score (nSPS) is 17.5. The van der Waals surface area contributed by atoms with Crippen LogP contribution in [0.15, 0.2) is 24.3 Å². The smallest absolute Gasteiger partial charge is 0.238 e. The second-order valence-corrected chi connectivity index (χ2v) is 5.22. The number of hydrogen-bond acceptors (Lipinski definition) is 3. The van der Waals surface area contributed by atoms with Crippen LogP contribution in [-0.2, 0) is 4.79 Å². The average Bonchev–Trinajstić information content (AvgIpc) is 2.32. The third-order valence-electron chi connectivity index (χ3n) is 3.49. The average molecular weight is 261 g/mol. The molecule has 1 aliphatic rings. The Morgan fingerprint density at radius 1 is 1.16 bits per heavy atom. The Kier molecular flexibility index (Phi) is 5.21. The molecular formula is C15H23N3O. The van der Waals surface area contributed by atoms with Gasteiger partial charge in [-0.15, -0.1) is 0 Å². The molecule has 0 radical (unpaired) electrons. The summed E-state index contributed by atoms with van der Waals surface area (Å²) in [5, 5.41) is 2.91. The highest BCUT2D eigenvalue weighted by Gasteiger charge is 2.12. The summed E-state index contributed by atoms with van der Waals surface area (Å²) in [6, 6.07) is 7.31. The molecule has 1 fully saturated rings. The Hall–Kier alpha value is -1.55. The Morgan fingerprint density at radius 3 is 2.53 bits per heavy atom. The first-order valence-electron chi connectivity index (χ1n) is 7.12. The number of nitrogens with two attached hydrogens (primary N) is 1. The third-order valence-corrected chi connectivity index (χ3v) is 3.49. The number of likely N-dealkylation sites (tertiary alicyclic amines) is 1. The number of anilines is 2. The maximum absolute atomic E-state index is 12.0. The minimum Gasteiger partial charge on any atom is -0.399 e. The number of nitrogen functional groups attached to an aromatic ring is 1. The number of carbonyl (C=O) groups is 1. The molecule has 1 aromatic rings. The molecule has 0 saturated carbocycles. The van der Waals surface area contributed by atoms with E-state index in [0.29, 0.717) is 12.2 Å². The van der Waals surface area contributed by atoms with Crippen LogP contribution >= 0.6 is 0 Å². The van der Waals surface area contributed by atoms with Gasteiger partial charge < -0.3 is 11.1 Å². The van der Waals surface area contributed by atoms with Crippen molar-refractivity contribution in [1.29, 1.82) is 0 Å². The molecule has 1 aromatic carbocycles. The molecule has 3 N–H and O–H groups in total. The summed E-state index contributed by atoms with van der Waals surface area (Å²) in [6.45, 7) is 2.55. The van der Waals surface area contributed by atoms with E-state index in [1.54, 1.807) is 6.07 Å². The van der Waals surface area contributed by atoms with Crippen molar-refractivity contribution < 1.29 is 4.79 Å². The standard InChI is InChI=1S/C15H23N3O/c16-13-7-6-8-14(11-13)17-15(19)12-18-9-4-2-1-3-5-10-18/h6-8,11H,1-5,9-10,12,16H2,(H,17,19). The maximum Gasteiger partial charge on any atom is 0.238 e. The molecule has 19 heavy (non-hydrogen) atoms. The van der Waals surface area contributed by atoms with Crippen molar-refractivity contribution in [1.82, 2.24) is 4.90 Å². The first-order chi connectivity index (χ1) is 9.24. The zero-order chi connectivity index (χ0) is 13.5. The van der Waals surface area contributed by atoms with Crippen molar-refractivity contribution in [3.8, 4) is 0 Å².